The van der Waals surface area contributed by atoms with Crippen LogP contribution in [-0.4, -0.2) is 9.54 Å². The van der Waals surface area contributed by atoms with Crippen molar-refractivity contribution in [1.82, 2.24) is 0 Å². The molecule has 0 unspecified atom stereocenters. The smallest absolute Gasteiger partial charge is 0.358 e. The fourth-order valence-electron chi connectivity index (χ4n) is 0.829. The van der Waals surface area contributed by atoms with Crippen molar-refractivity contribution in [2.75, 3.05) is 0 Å². The minimum absolute atomic E-state index is 0.0621. The van der Waals surface area contributed by atoms with Crippen molar-refractivity contribution in [1.29, 1.82) is 0 Å². The molecular weight excluding hydrogens is 248 g/mol. The third-order valence-electron chi connectivity index (χ3n) is 1.58. The third kappa shape index (κ3) is 5.11. The molecule has 0 saturated heterocycles. The first kappa shape index (κ1) is 13.3. The topological polar surface area (TPSA) is 55.5 Å². The molecule has 0 N–H and O–H groups in total. The molecule has 0 saturated carbocycles. The van der Waals surface area contributed by atoms with Gasteiger partial charge in [0, 0.05) is 12.0 Å². The van der Waals surface area contributed by atoms with Crippen molar-refractivity contribution >= 4 is 20.6 Å². The fraction of sp³-hybridized carbons (Fsp3) is 0.667. The standard InChI is InChI=1S/C9H15BrN2O2/c1-4-5-6-8(10)11-9(7(2)3)12(13)14/h4-6H2,1-3H3. The second kappa shape index (κ2) is 6.70. The number of rotatable bonds is 5. The molecule has 80 valence electrons. The number of allylic oxidation sites excluding steroid dienone is 1. The van der Waals surface area contributed by atoms with Crippen LogP contribution in [0.15, 0.2) is 16.4 Å². The van der Waals surface area contributed by atoms with Gasteiger partial charge in [-0.25, -0.2) is 0 Å². The summed E-state index contributed by atoms with van der Waals surface area (Å²) in [4.78, 5) is 14.0. The van der Waals surface area contributed by atoms with Gasteiger partial charge in [0.1, 0.15) is 0 Å². The van der Waals surface area contributed by atoms with Gasteiger partial charge in [0.15, 0.2) is 4.62 Å². The van der Waals surface area contributed by atoms with Crippen LogP contribution in [0, 0.1) is 10.1 Å². The van der Waals surface area contributed by atoms with E-state index >= 15 is 0 Å². The molecule has 0 aliphatic heterocycles. The van der Waals surface area contributed by atoms with E-state index in [0.29, 0.717) is 10.2 Å². The van der Waals surface area contributed by atoms with Crippen LogP contribution >= 0.6 is 15.9 Å². The van der Waals surface area contributed by atoms with E-state index in [1.54, 1.807) is 13.8 Å². The Hall–Kier alpha value is -0.710. The van der Waals surface area contributed by atoms with E-state index in [4.69, 9.17) is 0 Å². The lowest BCUT2D eigenvalue weighted by Crippen LogP contribution is -2.00. The highest BCUT2D eigenvalue weighted by Crippen LogP contribution is 2.11. The summed E-state index contributed by atoms with van der Waals surface area (Å²) >= 11 is 3.23. The summed E-state index contributed by atoms with van der Waals surface area (Å²) in [6.45, 7) is 5.43. The first-order valence-electron chi connectivity index (χ1n) is 4.54. The van der Waals surface area contributed by atoms with Crippen LogP contribution < -0.4 is 0 Å². The van der Waals surface area contributed by atoms with E-state index in [-0.39, 0.29) is 5.82 Å². The molecule has 0 aliphatic carbocycles. The highest BCUT2D eigenvalue weighted by molar-refractivity contribution is 9.18. The Morgan fingerprint density at radius 1 is 1.50 bits per heavy atom. The van der Waals surface area contributed by atoms with E-state index < -0.39 is 4.92 Å². The zero-order valence-corrected chi connectivity index (χ0v) is 10.3. The molecule has 0 amide bonds. The fourth-order valence-corrected chi connectivity index (χ4v) is 1.28. The van der Waals surface area contributed by atoms with E-state index in [1.165, 1.54) is 0 Å². The lowest BCUT2D eigenvalue weighted by atomic mass is 10.3. The van der Waals surface area contributed by atoms with Crippen LogP contribution in [0.3, 0.4) is 0 Å². The summed E-state index contributed by atoms with van der Waals surface area (Å²) in [5.74, 6) is -0.0621. The zero-order valence-electron chi connectivity index (χ0n) is 8.71. The van der Waals surface area contributed by atoms with E-state index in [0.717, 1.165) is 19.3 Å². The Labute approximate surface area is 92.4 Å². The van der Waals surface area contributed by atoms with Crippen LogP contribution in [-0.2, 0) is 0 Å². The molecule has 0 spiro atoms. The molecule has 14 heavy (non-hydrogen) atoms. The molecule has 0 heterocycles. The number of hydrogen-bond acceptors (Lipinski definition) is 3. The van der Waals surface area contributed by atoms with Gasteiger partial charge in [-0.05, 0) is 46.1 Å². The molecular formula is C9H15BrN2O2. The summed E-state index contributed by atoms with van der Waals surface area (Å²) in [6.07, 6.45) is 2.78. The number of nitrogens with zero attached hydrogens (tertiary/aromatic N) is 2. The summed E-state index contributed by atoms with van der Waals surface area (Å²) in [5.41, 5.74) is 0.614. The van der Waals surface area contributed by atoms with Crippen molar-refractivity contribution in [2.24, 2.45) is 4.99 Å². The van der Waals surface area contributed by atoms with Gasteiger partial charge >= 0.3 is 5.82 Å². The molecule has 5 heteroatoms. The van der Waals surface area contributed by atoms with Gasteiger partial charge in [0.05, 0.1) is 0 Å². The molecule has 4 nitrogen and oxygen atoms in total. The molecule has 0 bridgehead atoms. The Morgan fingerprint density at radius 3 is 2.43 bits per heavy atom. The molecule has 0 radical (unpaired) electrons. The predicted molar refractivity (Wildman–Crippen MR) is 61.3 cm³/mol. The minimum atomic E-state index is -0.456. The monoisotopic (exact) mass is 262 g/mol. The molecule has 0 aromatic heterocycles. The zero-order chi connectivity index (χ0) is 11.1. The van der Waals surface area contributed by atoms with Gasteiger partial charge in [0.2, 0.25) is 0 Å². The summed E-state index contributed by atoms with van der Waals surface area (Å²) < 4.78 is 0.646. The second-order valence-electron chi connectivity index (χ2n) is 3.17. The molecule has 0 aliphatic rings. The lowest BCUT2D eigenvalue weighted by Gasteiger charge is -1.96. The van der Waals surface area contributed by atoms with Crippen molar-refractivity contribution in [3.05, 3.63) is 21.5 Å². The van der Waals surface area contributed by atoms with Crippen molar-refractivity contribution in [3.8, 4) is 0 Å². The maximum atomic E-state index is 10.6. The number of unbranched alkanes of at least 4 members (excludes halogenated alkanes) is 1. The highest BCUT2D eigenvalue weighted by atomic mass is 79.9. The normalized spacial score (nSPS) is 11.3. The Kier molecular flexibility index (Phi) is 6.36. The van der Waals surface area contributed by atoms with Gasteiger partial charge in [-0.1, -0.05) is 13.3 Å². The first-order chi connectivity index (χ1) is 6.49. The summed E-state index contributed by atoms with van der Waals surface area (Å²) in [5, 5.41) is 10.6. The number of aliphatic imine (C=N–C) groups is 1. The van der Waals surface area contributed by atoms with Crippen LogP contribution in [0.2, 0.25) is 0 Å². The van der Waals surface area contributed by atoms with Crippen molar-refractivity contribution in [2.45, 2.75) is 40.0 Å². The minimum Gasteiger partial charge on any atom is -0.358 e. The van der Waals surface area contributed by atoms with Gasteiger partial charge in [-0.2, -0.15) is 0 Å². The highest BCUT2D eigenvalue weighted by Gasteiger charge is 2.12. The first-order valence-corrected chi connectivity index (χ1v) is 5.33. The molecule has 0 aromatic carbocycles. The third-order valence-corrected chi connectivity index (χ3v) is 2.16. The van der Waals surface area contributed by atoms with Crippen molar-refractivity contribution in [3.63, 3.8) is 0 Å². The van der Waals surface area contributed by atoms with E-state index in [9.17, 15) is 10.1 Å². The van der Waals surface area contributed by atoms with Crippen LogP contribution in [0.4, 0.5) is 0 Å². The van der Waals surface area contributed by atoms with Gasteiger partial charge in [0.25, 0.3) is 0 Å². The van der Waals surface area contributed by atoms with Gasteiger partial charge in [-0.3, -0.25) is 0 Å². The van der Waals surface area contributed by atoms with Crippen molar-refractivity contribution < 1.29 is 4.92 Å². The maximum Gasteiger partial charge on any atom is 0.362 e. The number of halogens is 1. The summed E-state index contributed by atoms with van der Waals surface area (Å²) in [7, 11) is 0. The second-order valence-corrected chi connectivity index (χ2v) is 4.09. The molecule has 0 aromatic rings. The Bertz CT molecular complexity index is 268. The van der Waals surface area contributed by atoms with E-state index in [2.05, 4.69) is 27.8 Å². The van der Waals surface area contributed by atoms with Crippen LogP contribution in [0.25, 0.3) is 0 Å². The summed E-state index contributed by atoms with van der Waals surface area (Å²) in [6, 6.07) is 0. The van der Waals surface area contributed by atoms with Gasteiger partial charge < -0.3 is 10.1 Å². The number of hydrogen-bond donors (Lipinski definition) is 0. The average molecular weight is 263 g/mol. The van der Waals surface area contributed by atoms with E-state index in [1.807, 2.05) is 0 Å². The average Bonchev–Trinajstić information content (AvgIpc) is 2.09. The van der Waals surface area contributed by atoms with Crippen LogP contribution in [0.1, 0.15) is 40.0 Å². The number of nitro groups is 1. The largest absolute Gasteiger partial charge is 0.362 e. The van der Waals surface area contributed by atoms with Crippen LogP contribution in [0.5, 0.6) is 0 Å². The quantitative estimate of drug-likeness (QED) is 0.433. The Balaban J connectivity index is 4.58. The lowest BCUT2D eigenvalue weighted by molar-refractivity contribution is -0.427. The maximum absolute atomic E-state index is 10.6. The molecule has 0 rings (SSSR count). The SMILES string of the molecule is CCCCC(Br)=NC(=C(C)C)[N+](=O)[O-]. The Morgan fingerprint density at radius 2 is 2.07 bits per heavy atom. The van der Waals surface area contributed by atoms with Gasteiger partial charge in [-0.15, -0.1) is 0 Å². The predicted octanol–water partition coefficient (Wildman–Crippen LogP) is 3.50. The molecule has 0 fully saturated rings. The molecule has 0 atom stereocenters.